The molecule has 0 unspecified atom stereocenters. The number of carbonyl (C=O) groups excluding carboxylic acids is 4. The molecule has 0 bridgehead atoms. The molecule has 1 aliphatic heterocycles. The van der Waals surface area contributed by atoms with E-state index in [1.807, 2.05) is 13.8 Å². The van der Waals surface area contributed by atoms with E-state index in [0.29, 0.717) is 19.3 Å². The van der Waals surface area contributed by atoms with Gasteiger partial charge < -0.3 is 21.7 Å². The number of amides is 4. The van der Waals surface area contributed by atoms with E-state index < -0.39 is 23.9 Å². The largest absolute Gasteiger partial charge is 0.368 e. The predicted octanol–water partition coefficient (Wildman–Crippen LogP) is -1.60. The summed E-state index contributed by atoms with van der Waals surface area (Å²) in [6, 6.07) is -1.36. The lowest BCUT2D eigenvalue weighted by Gasteiger charge is -2.21. The molecule has 21 heavy (non-hydrogen) atoms. The molecule has 1 rings (SSSR count). The number of nitrogens with two attached hydrogens (primary N) is 1. The van der Waals surface area contributed by atoms with E-state index in [0.717, 1.165) is 0 Å². The number of rotatable bonds is 7. The molecule has 5 N–H and O–H groups in total. The Morgan fingerprint density at radius 2 is 2.05 bits per heavy atom. The van der Waals surface area contributed by atoms with Gasteiger partial charge in [0.15, 0.2) is 0 Å². The van der Waals surface area contributed by atoms with Crippen LogP contribution in [0.15, 0.2) is 0 Å². The predicted molar refractivity (Wildman–Crippen MR) is 74.8 cm³/mol. The molecule has 0 radical (unpaired) electrons. The van der Waals surface area contributed by atoms with E-state index in [1.165, 1.54) is 0 Å². The maximum Gasteiger partial charge on any atom is 0.243 e. The number of hydrogen-bond donors (Lipinski definition) is 4. The molecule has 8 nitrogen and oxygen atoms in total. The average Bonchev–Trinajstić information content (AvgIpc) is 2.81. The second kappa shape index (κ2) is 7.61. The van der Waals surface area contributed by atoms with Crippen molar-refractivity contribution < 1.29 is 19.2 Å². The fourth-order valence-corrected chi connectivity index (χ4v) is 2.08. The van der Waals surface area contributed by atoms with Crippen molar-refractivity contribution in [3.63, 3.8) is 0 Å². The zero-order valence-corrected chi connectivity index (χ0v) is 12.3. The highest BCUT2D eigenvalue weighted by molar-refractivity contribution is 5.94. The fraction of sp³-hybridized carbons (Fsp3) is 0.692. The van der Waals surface area contributed by atoms with Crippen molar-refractivity contribution in [1.82, 2.24) is 16.0 Å². The van der Waals surface area contributed by atoms with Crippen molar-refractivity contribution in [2.45, 2.75) is 45.2 Å². The van der Waals surface area contributed by atoms with Crippen LogP contribution in [0.25, 0.3) is 0 Å². The second-order valence-corrected chi connectivity index (χ2v) is 5.53. The van der Waals surface area contributed by atoms with E-state index in [-0.39, 0.29) is 24.3 Å². The first-order valence-corrected chi connectivity index (χ1v) is 6.95. The smallest absolute Gasteiger partial charge is 0.243 e. The SMILES string of the molecule is CC(C)C[C@H](NC(=O)[C@@H]1CCC(=O)N1)C(=O)NCC(N)=O. The van der Waals surface area contributed by atoms with Gasteiger partial charge in [-0.25, -0.2) is 0 Å². The molecule has 1 aliphatic rings. The van der Waals surface area contributed by atoms with Gasteiger partial charge in [-0.3, -0.25) is 19.2 Å². The van der Waals surface area contributed by atoms with Gasteiger partial charge in [-0.05, 0) is 18.8 Å². The lowest BCUT2D eigenvalue weighted by atomic mass is 10.0. The van der Waals surface area contributed by atoms with Gasteiger partial charge in [0.1, 0.15) is 12.1 Å². The third-order valence-electron chi connectivity index (χ3n) is 3.09. The van der Waals surface area contributed by atoms with Crippen LogP contribution >= 0.6 is 0 Å². The van der Waals surface area contributed by atoms with Crippen molar-refractivity contribution in [3.8, 4) is 0 Å². The number of primary amides is 1. The summed E-state index contributed by atoms with van der Waals surface area (Å²) in [6.07, 6.45) is 1.15. The van der Waals surface area contributed by atoms with Crippen LogP contribution in [-0.2, 0) is 19.2 Å². The quantitative estimate of drug-likeness (QED) is 0.451. The Hall–Kier alpha value is -2.12. The van der Waals surface area contributed by atoms with Crippen LogP contribution in [0.1, 0.15) is 33.1 Å². The number of nitrogens with one attached hydrogen (secondary N) is 3. The summed E-state index contributed by atoms with van der Waals surface area (Å²) in [5, 5.41) is 7.54. The second-order valence-electron chi connectivity index (χ2n) is 5.53. The monoisotopic (exact) mass is 298 g/mol. The first kappa shape index (κ1) is 16.9. The van der Waals surface area contributed by atoms with Crippen LogP contribution < -0.4 is 21.7 Å². The maximum absolute atomic E-state index is 12.0. The molecule has 8 heteroatoms. The highest BCUT2D eigenvalue weighted by Crippen LogP contribution is 2.09. The molecule has 118 valence electrons. The molecule has 0 spiro atoms. The molecule has 0 aromatic carbocycles. The Kier molecular flexibility index (Phi) is 6.13. The third-order valence-corrected chi connectivity index (χ3v) is 3.09. The first-order chi connectivity index (χ1) is 9.79. The Balaban J connectivity index is 2.60. The van der Waals surface area contributed by atoms with Gasteiger partial charge >= 0.3 is 0 Å². The van der Waals surface area contributed by atoms with Gasteiger partial charge in [-0.2, -0.15) is 0 Å². The Morgan fingerprint density at radius 1 is 1.38 bits per heavy atom. The highest BCUT2D eigenvalue weighted by Gasteiger charge is 2.30. The summed E-state index contributed by atoms with van der Waals surface area (Å²) >= 11 is 0. The molecular weight excluding hydrogens is 276 g/mol. The third kappa shape index (κ3) is 5.80. The van der Waals surface area contributed by atoms with Crippen LogP contribution in [0.2, 0.25) is 0 Å². The van der Waals surface area contributed by atoms with Crippen molar-refractivity contribution >= 4 is 23.6 Å². The van der Waals surface area contributed by atoms with Gasteiger partial charge in [0.2, 0.25) is 23.6 Å². The Morgan fingerprint density at radius 3 is 2.52 bits per heavy atom. The zero-order chi connectivity index (χ0) is 16.0. The topological polar surface area (TPSA) is 130 Å². The van der Waals surface area contributed by atoms with Gasteiger partial charge in [-0.15, -0.1) is 0 Å². The summed E-state index contributed by atoms with van der Waals surface area (Å²) in [5.74, 6) is -1.50. The highest BCUT2D eigenvalue weighted by atomic mass is 16.2. The fourth-order valence-electron chi connectivity index (χ4n) is 2.08. The molecule has 0 aliphatic carbocycles. The van der Waals surface area contributed by atoms with Crippen molar-refractivity contribution in [1.29, 1.82) is 0 Å². The van der Waals surface area contributed by atoms with E-state index in [1.54, 1.807) is 0 Å². The lowest BCUT2D eigenvalue weighted by Crippen LogP contribution is -2.53. The maximum atomic E-state index is 12.0. The number of carbonyl (C=O) groups is 4. The summed E-state index contributed by atoms with van der Waals surface area (Å²) in [6.45, 7) is 3.55. The zero-order valence-electron chi connectivity index (χ0n) is 12.3. The Labute approximate surface area is 123 Å². The van der Waals surface area contributed by atoms with E-state index >= 15 is 0 Å². The van der Waals surface area contributed by atoms with Crippen LogP contribution in [0.4, 0.5) is 0 Å². The summed E-state index contributed by atoms with van der Waals surface area (Å²) in [4.78, 5) is 45.8. The standard InChI is InChI=1S/C13H22N4O4/c1-7(2)5-9(12(20)15-6-10(14)18)17-13(21)8-3-4-11(19)16-8/h7-9H,3-6H2,1-2H3,(H2,14,18)(H,15,20)(H,16,19)(H,17,21)/t8-,9-/m0/s1. The molecule has 4 amide bonds. The molecular formula is C13H22N4O4. The van der Waals surface area contributed by atoms with Crippen molar-refractivity contribution in [2.24, 2.45) is 11.7 Å². The molecule has 2 atom stereocenters. The number of hydrogen-bond acceptors (Lipinski definition) is 4. The van der Waals surface area contributed by atoms with Crippen molar-refractivity contribution in [3.05, 3.63) is 0 Å². The molecule has 0 aromatic heterocycles. The van der Waals surface area contributed by atoms with Gasteiger partial charge in [-0.1, -0.05) is 13.8 Å². The van der Waals surface area contributed by atoms with Gasteiger partial charge in [0, 0.05) is 6.42 Å². The van der Waals surface area contributed by atoms with E-state index in [2.05, 4.69) is 16.0 Å². The minimum atomic E-state index is -0.755. The normalized spacial score (nSPS) is 19.0. The molecule has 1 saturated heterocycles. The first-order valence-electron chi connectivity index (χ1n) is 6.95. The van der Waals surface area contributed by atoms with Crippen LogP contribution in [-0.4, -0.2) is 42.3 Å². The minimum Gasteiger partial charge on any atom is -0.368 e. The van der Waals surface area contributed by atoms with Crippen molar-refractivity contribution in [2.75, 3.05) is 6.54 Å². The Bertz CT molecular complexity index is 436. The van der Waals surface area contributed by atoms with Crippen LogP contribution in [0.5, 0.6) is 0 Å². The van der Waals surface area contributed by atoms with E-state index in [9.17, 15) is 19.2 Å². The van der Waals surface area contributed by atoms with Crippen LogP contribution in [0.3, 0.4) is 0 Å². The summed E-state index contributed by atoms with van der Waals surface area (Å²) in [5.41, 5.74) is 4.97. The van der Waals surface area contributed by atoms with Crippen LogP contribution in [0, 0.1) is 5.92 Å². The van der Waals surface area contributed by atoms with Gasteiger partial charge in [0.25, 0.3) is 0 Å². The molecule has 1 fully saturated rings. The van der Waals surface area contributed by atoms with Gasteiger partial charge in [0.05, 0.1) is 6.54 Å². The molecule has 1 heterocycles. The molecule has 0 saturated carbocycles. The summed E-state index contributed by atoms with van der Waals surface area (Å²) in [7, 11) is 0. The average molecular weight is 298 g/mol. The molecule has 0 aromatic rings. The lowest BCUT2D eigenvalue weighted by molar-refractivity contribution is -0.131. The summed E-state index contributed by atoms with van der Waals surface area (Å²) < 4.78 is 0. The minimum absolute atomic E-state index is 0.172. The van der Waals surface area contributed by atoms with E-state index in [4.69, 9.17) is 5.73 Å².